The highest BCUT2D eigenvalue weighted by atomic mass is 16.4. The van der Waals surface area contributed by atoms with Crippen molar-refractivity contribution in [3.05, 3.63) is 11.1 Å². The summed E-state index contributed by atoms with van der Waals surface area (Å²) in [6.07, 6.45) is 1.39. The van der Waals surface area contributed by atoms with Crippen molar-refractivity contribution in [1.29, 1.82) is 0 Å². The Morgan fingerprint density at radius 1 is 1.47 bits per heavy atom. The fraction of sp³-hybridized carbons (Fsp3) is 0.667. The van der Waals surface area contributed by atoms with Crippen LogP contribution in [0.3, 0.4) is 0 Å². The molecule has 5 nitrogen and oxygen atoms in total. The standard InChI is InChI=1S/C12H20N2O3/c1-3-4-9(12(16)17)7-14-11(15)8(2)10-5-13-6-10/h9,13H,3-7H2,1-2H3,(H,14,15)(H,16,17). The van der Waals surface area contributed by atoms with Gasteiger partial charge in [0.25, 0.3) is 0 Å². The molecule has 1 heterocycles. The highest BCUT2D eigenvalue weighted by Gasteiger charge is 2.19. The molecule has 3 N–H and O–H groups in total. The number of hydrogen-bond acceptors (Lipinski definition) is 3. The molecular weight excluding hydrogens is 220 g/mol. The van der Waals surface area contributed by atoms with Crippen LogP contribution in [0, 0.1) is 5.92 Å². The van der Waals surface area contributed by atoms with Gasteiger partial charge in [0, 0.05) is 25.2 Å². The van der Waals surface area contributed by atoms with E-state index in [1.807, 2.05) is 6.92 Å². The van der Waals surface area contributed by atoms with Gasteiger partial charge >= 0.3 is 5.97 Å². The van der Waals surface area contributed by atoms with Crippen LogP contribution >= 0.6 is 0 Å². The Hall–Kier alpha value is -1.36. The minimum absolute atomic E-state index is 0.149. The smallest absolute Gasteiger partial charge is 0.308 e. The van der Waals surface area contributed by atoms with E-state index >= 15 is 0 Å². The molecule has 1 unspecified atom stereocenters. The number of carboxylic acid groups (broad SMARTS) is 1. The predicted molar refractivity (Wildman–Crippen MR) is 64.6 cm³/mol. The van der Waals surface area contributed by atoms with E-state index in [1.54, 1.807) is 6.92 Å². The van der Waals surface area contributed by atoms with Crippen LogP contribution in [-0.4, -0.2) is 36.6 Å². The van der Waals surface area contributed by atoms with Crippen LogP contribution < -0.4 is 10.6 Å². The maximum absolute atomic E-state index is 11.7. The van der Waals surface area contributed by atoms with E-state index in [0.29, 0.717) is 12.0 Å². The molecule has 96 valence electrons. The summed E-state index contributed by atoms with van der Waals surface area (Å²) in [5, 5.41) is 14.7. The molecule has 0 radical (unpaired) electrons. The number of carbonyl (C=O) groups excluding carboxylic acids is 1. The zero-order valence-electron chi connectivity index (χ0n) is 10.4. The van der Waals surface area contributed by atoms with Gasteiger partial charge in [-0.05, 0) is 18.9 Å². The molecule has 0 aromatic carbocycles. The average molecular weight is 240 g/mol. The van der Waals surface area contributed by atoms with Gasteiger partial charge < -0.3 is 15.7 Å². The first-order valence-corrected chi connectivity index (χ1v) is 5.96. The van der Waals surface area contributed by atoms with E-state index in [-0.39, 0.29) is 12.5 Å². The summed E-state index contributed by atoms with van der Waals surface area (Å²) in [6, 6.07) is 0. The van der Waals surface area contributed by atoms with E-state index in [2.05, 4.69) is 10.6 Å². The first kappa shape index (κ1) is 13.7. The van der Waals surface area contributed by atoms with Gasteiger partial charge in [-0.15, -0.1) is 0 Å². The first-order chi connectivity index (χ1) is 8.06. The van der Waals surface area contributed by atoms with Crippen molar-refractivity contribution < 1.29 is 14.7 Å². The summed E-state index contributed by atoms with van der Waals surface area (Å²) in [7, 11) is 0. The molecule has 5 heteroatoms. The molecule has 1 atom stereocenters. The van der Waals surface area contributed by atoms with Crippen LogP contribution in [0.25, 0.3) is 0 Å². The monoisotopic (exact) mass is 240 g/mol. The molecule has 1 fully saturated rings. The normalized spacial score (nSPS) is 16.0. The van der Waals surface area contributed by atoms with Crippen LogP contribution in [0.15, 0.2) is 11.1 Å². The Bertz CT molecular complexity index is 331. The summed E-state index contributed by atoms with van der Waals surface area (Å²) in [5.41, 5.74) is 1.81. The third-order valence-electron chi connectivity index (χ3n) is 3.04. The Morgan fingerprint density at radius 2 is 2.12 bits per heavy atom. The van der Waals surface area contributed by atoms with Crippen LogP contribution in [-0.2, 0) is 9.59 Å². The molecule has 1 saturated heterocycles. The van der Waals surface area contributed by atoms with Crippen LogP contribution in [0.5, 0.6) is 0 Å². The highest BCUT2D eigenvalue weighted by Crippen LogP contribution is 2.10. The first-order valence-electron chi connectivity index (χ1n) is 5.96. The number of hydrogen-bond donors (Lipinski definition) is 3. The Morgan fingerprint density at radius 3 is 2.53 bits per heavy atom. The van der Waals surface area contributed by atoms with Gasteiger partial charge in [-0.1, -0.05) is 13.3 Å². The third-order valence-corrected chi connectivity index (χ3v) is 3.04. The van der Waals surface area contributed by atoms with Crippen LogP contribution in [0.2, 0.25) is 0 Å². The zero-order chi connectivity index (χ0) is 12.8. The molecule has 0 bridgehead atoms. The number of rotatable bonds is 6. The second-order valence-corrected chi connectivity index (χ2v) is 4.37. The minimum atomic E-state index is -0.845. The zero-order valence-corrected chi connectivity index (χ0v) is 10.4. The van der Waals surface area contributed by atoms with Gasteiger partial charge in [0.2, 0.25) is 5.91 Å². The van der Waals surface area contributed by atoms with Gasteiger partial charge in [-0.3, -0.25) is 9.59 Å². The Labute approximate surface area is 101 Å². The Balaban J connectivity index is 2.43. The van der Waals surface area contributed by atoms with Crippen molar-refractivity contribution in [3.63, 3.8) is 0 Å². The lowest BCUT2D eigenvalue weighted by atomic mass is 10.0. The molecule has 0 saturated carbocycles. The summed E-state index contributed by atoms with van der Waals surface area (Å²) in [5.74, 6) is -1.48. The van der Waals surface area contributed by atoms with E-state index < -0.39 is 11.9 Å². The fourth-order valence-electron chi connectivity index (χ4n) is 1.69. The van der Waals surface area contributed by atoms with Crippen molar-refractivity contribution in [1.82, 2.24) is 10.6 Å². The molecule has 0 aromatic rings. The number of carbonyl (C=O) groups is 2. The molecule has 0 aromatic heterocycles. The van der Waals surface area contributed by atoms with Gasteiger partial charge in [0.1, 0.15) is 0 Å². The lowest BCUT2D eigenvalue weighted by Gasteiger charge is -2.22. The van der Waals surface area contributed by atoms with Crippen molar-refractivity contribution in [2.75, 3.05) is 19.6 Å². The van der Waals surface area contributed by atoms with Crippen molar-refractivity contribution >= 4 is 11.9 Å². The summed E-state index contributed by atoms with van der Waals surface area (Å²) >= 11 is 0. The second kappa shape index (κ2) is 6.39. The van der Waals surface area contributed by atoms with Crippen molar-refractivity contribution in [2.24, 2.45) is 5.92 Å². The van der Waals surface area contributed by atoms with Gasteiger partial charge in [0.15, 0.2) is 0 Å². The molecule has 0 spiro atoms. The van der Waals surface area contributed by atoms with Crippen LogP contribution in [0.4, 0.5) is 0 Å². The number of amides is 1. The predicted octanol–water partition coefficient (Wildman–Crippen LogP) is 0.523. The van der Waals surface area contributed by atoms with Crippen LogP contribution in [0.1, 0.15) is 26.7 Å². The molecule has 17 heavy (non-hydrogen) atoms. The second-order valence-electron chi connectivity index (χ2n) is 4.37. The number of aliphatic carboxylic acids is 1. The molecule has 1 aliphatic rings. The molecule has 1 amide bonds. The van der Waals surface area contributed by atoms with Gasteiger partial charge in [-0.2, -0.15) is 0 Å². The van der Waals surface area contributed by atoms with Gasteiger partial charge in [-0.25, -0.2) is 0 Å². The molecule has 0 aliphatic carbocycles. The van der Waals surface area contributed by atoms with Crippen molar-refractivity contribution in [2.45, 2.75) is 26.7 Å². The number of carboxylic acids is 1. The summed E-state index contributed by atoms with van der Waals surface area (Å²) in [4.78, 5) is 22.6. The third kappa shape index (κ3) is 3.85. The lowest BCUT2D eigenvalue weighted by molar-refractivity contribution is -0.141. The molecular formula is C12H20N2O3. The lowest BCUT2D eigenvalue weighted by Crippen LogP contribution is -2.39. The van der Waals surface area contributed by atoms with Crippen molar-refractivity contribution in [3.8, 4) is 0 Å². The fourth-order valence-corrected chi connectivity index (χ4v) is 1.69. The van der Waals surface area contributed by atoms with E-state index in [9.17, 15) is 9.59 Å². The topological polar surface area (TPSA) is 78.4 Å². The maximum Gasteiger partial charge on any atom is 0.308 e. The summed E-state index contributed by atoms with van der Waals surface area (Å²) < 4.78 is 0. The molecule has 1 aliphatic heterocycles. The Kier molecular flexibility index (Phi) is 5.15. The maximum atomic E-state index is 11.7. The SMILES string of the molecule is CCCC(CNC(=O)C(C)=C1CNC1)C(=O)O. The minimum Gasteiger partial charge on any atom is -0.481 e. The highest BCUT2D eigenvalue weighted by molar-refractivity contribution is 5.94. The van der Waals surface area contributed by atoms with E-state index in [0.717, 1.165) is 25.1 Å². The van der Waals surface area contributed by atoms with E-state index in [4.69, 9.17) is 5.11 Å². The van der Waals surface area contributed by atoms with Gasteiger partial charge in [0.05, 0.1) is 5.92 Å². The molecule has 1 rings (SSSR count). The number of nitrogens with one attached hydrogen (secondary N) is 2. The summed E-state index contributed by atoms with van der Waals surface area (Å²) in [6.45, 7) is 5.44. The average Bonchev–Trinajstić information content (AvgIpc) is 2.20. The largest absolute Gasteiger partial charge is 0.481 e. The van der Waals surface area contributed by atoms with E-state index in [1.165, 1.54) is 0 Å². The quantitative estimate of drug-likeness (QED) is 0.592.